The van der Waals surface area contributed by atoms with Crippen molar-refractivity contribution in [2.24, 2.45) is 0 Å². The summed E-state index contributed by atoms with van der Waals surface area (Å²) in [6, 6.07) is 6.53. The largest absolute Gasteiger partial charge is 0.298 e. The van der Waals surface area contributed by atoms with Gasteiger partial charge in [0, 0.05) is 6.54 Å². The lowest BCUT2D eigenvalue weighted by Crippen LogP contribution is -2.17. The first-order valence-electron chi connectivity index (χ1n) is 6.58. The maximum atomic E-state index is 12.2. The van der Waals surface area contributed by atoms with Gasteiger partial charge < -0.3 is 0 Å². The van der Waals surface area contributed by atoms with E-state index in [9.17, 15) is 13.2 Å². The van der Waals surface area contributed by atoms with Crippen LogP contribution in [0.3, 0.4) is 0 Å². The highest BCUT2D eigenvalue weighted by molar-refractivity contribution is 7.89. The second-order valence-electron chi connectivity index (χ2n) is 4.95. The summed E-state index contributed by atoms with van der Waals surface area (Å²) < 4.78 is 25.7. The summed E-state index contributed by atoms with van der Waals surface area (Å²) in [4.78, 5) is 11.4. The molecule has 0 amide bonds. The van der Waals surface area contributed by atoms with Crippen LogP contribution in [-0.2, 0) is 21.2 Å². The zero-order valence-corrected chi connectivity index (χ0v) is 12.1. The maximum absolute atomic E-state index is 12.2. The molecule has 0 N–H and O–H groups in total. The Morgan fingerprint density at radius 2 is 1.95 bits per heavy atom. The van der Waals surface area contributed by atoms with Crippen molar-refractivity contribution in [1.82, 2.24) is 4.31 Å². The number of benzene rings is 1. The molecule has 2 rings (SSSR count). The van der Waals surface area contributed by atoms with Crippen molar-refractivity contribution in [2.75, 3.05) is 6.54 Å². The van der Waals surface area contributed by atoms with Gasteiger partial charge in [-0.05, 0) is 37.5 Å². The van der Waals surface area contributed by atoms with Crippen molar-refractivity contribution in [2.45, 2.75) is 44.0 Å². The van der Waals surface area contributed by atoms with E-state index in [-0.39, 0.29) is 10.7 Å². The van der Waals surface area contributed by atoms with Crippen LogP contribution in [0.5, 0.6) is 0 Å². The van der Waals surface area contributed by atoms with Crippen LogP contribution in [0.1, 0.15) is 32.3 Å². The number of hydrogen-bond acceptors (Lipinski definition) is 3. The molecule has 0 aliphatic carbocycles. The van der Waals surface area contributed by atoms with Gasteiger partial charge in [0.05, 0.1) is 10.9 Å². The molecule has 2 atom stereocenters. The van der Waals surface area contributed by atoms with Gasteiger partial charge in [-0.2, -0.15) is 4.31 Å². The van der Waals surface area contributed by atoms with E-state index in [1.54, 1.807) is 12.1 Å². The third kappa shape index (κ3) is 3.04. The summed E-state index contributed by atoms with van der Waals surface area (Å²) in [6.07, 6.45) is 3.19. The molecule has 1 heterocycles. The number of unbranched alkanes of at least 4 members (excludes halogenated alkanes) is 1. The molecule has 1 fully saturated rings. The standard InChI is InChI=1S/C14H19NO3S/c1-3-4-5-12-6-8-13(9-7-12)19(17,18)15-10-14(15)11(2)16/h6-9,14H,3-5,10H2,1-2H3. The van der Waals surface area contributed by atoms with Crippen LogP contribution in [0.2, 0.25) is 0 Å². The minimum absolute atomic E-state index is 0.0943. The van der Waals surface area contributed by atoms with E-state index in [0.29, 0.717) is 6.54 Å². The maximum Gasteiger partial charge on any atom is 0.243 e. The summed E-state index contributed by atoms with van der Waals surface area (Å²) in [5.74, 6) is -0.0943. The molecule has 0 spiro atoms. The summed E-state index contributed by atoms with van der Waals surface area (Å²) in [5.41, 5.74) is 1.15. The van der Waals surface area contributed by atoms with Gasteiger partial charge in [-0.15, -0.1) is 0 Å². The molecule has 0 bridgehead atoms. The minimum atomic E-state index is -3.48. The van der Waals surface area contributed by atoms with E-state index in [0.717, 1.165) is 24.8 Å². The SMILES string of the molecule is CCCCc1ccc(S(=O)(=O)N2CC2C(C)=O)cc1. The molecule has 1 saturated heterocycles. The molecule has 5 heteroatoms. The van der Waals surface area contributed by atoms with Gasteiger partial charge >= 0.3 is 0 Å². The topological polar surface area (TPSA) is 54.2 Å². The average molecular weight is 281 g/mol. The Bertz CT molecular complexity index is 563. The van der Waals surface area contributed by atoms with Crippen molar-refractivity contribution < 1.29 is 13.2 Å². The molecule has 19 heavy (non-hydrogen) atoms. The average Bonchev–Trinajstić information content (AvgIpc) is 3.17. The normalized spacial score (nSPS) is 22.2. The number of aryl methyl sites for hydroxylation is 1. The predicted molar refractivity (Wildman–Crippen MR) is 73.4 cm³/mol. The van der Waals surface area contributed by atoms with Crippen LogP contribution >= 0.6 is 0 Å². The van der Waals surface area contributed by atoms with Crippen LogP contribution in [0.15, 0.2) is 29.2 Å². The van der Waals surface area contributed by atoms with E-state index in [4.69, 9.17) is 0 Å². The van der Waals surface area contributed by atoms with Crippen LogP contribution in [-0.4, -0.2) is 31.1 Å². The lowest BCUT2D eigenvalue weighted by atomic mass is 10.1. The first kappa shape index (κ1) is 14.2. The highest BCUT2D eigenvalue weighted by Crippen LogP contribution is 2.28. The Morgan fingerprint density at radius 3 is 2.42 bits per heavy atom. The number of hydrogen-bond donors (Lipinski definition) is 0. The number of nitrogens with zero attached hydrogens (tertiary/aromatic N) is 1. The van der Waals surface area contributed by atoms with Crippen molar-refractivity contribution in [3.8, 4) is 0 Å². The smallest absolute Gasteiger partial charge is 0.243 e. The van der Waals surface area contributed by atoms with Crippen molar-refractivity contribution in [3.05, 3.63) is 29.8 Å². The number of ketones is 1. The van der Waals surface area contributed by atoms with E-state index in [1.165, 1.54) is 11.2 Å². The molecule has 1 aromatic carbocycles. The Balaban J connectivity index is 2.12. The van der Waals surface area contributed by atoms with E-state index in [1.807, 2.05) is 12.1 Å². The fourth-order valence-electron chi connectivity index (χ4n) is 2.06. The van der Waals surface area contributed by atoms with Crippen molar-refractivity contribution >= 4 is 15.8 Å². The first-order chi connectivity index (χ1) is 8.96. The number of sulfonamides is 1. The van der Waals surface area contributed by atoms with Gasteiger partial charge in [-0.25, -0.2) is 8.42 Å². The molecule has 104 valence electrons. The summed E-state index contributed by atoms with van der Waals surface area (Å²) in [7, 11) is -3.48. The van der Waals surface area contributed by atoms with Gasteiger partial charge in [-0.3, -0.25) is 4.79 Å². The summed E-state index contributed by atoms with van der Waals surface area (Å²) in [5, 5.41) is 0. The Morgan fingerprint density at radius 1 is 1.32 bits per heavy atom. The minimum Gasteiger partial charge on any atom is -0.298 e. The van der Waals surface area contributed by atoms with E-state index >= 15 is 0 Å². The number of carbonyl (C=O) groups excluding carboxylic acids is 1. The van der Waals surface area contributed by atoms with Gasteiger partial charge in [0.2, 0.25) is 10.0 Å². The Labute approximate surface area is 114 Å². The molecule has 1 aromatic rings. The monoisotopic (exact) mass is 281 g/mol. The van der Waals surface area contributed by atoms with Crippen molar-refractivity contribution in [3.63, 3.8) is 0 Å². The molecule has 0 saturated carbocycles. The summed E-state index contributed by atoms with van der Waals surface area (Å²) in [6.45, 7) is 3.87. The zero-order chi connectivity index (χ0) is 14.0. The number of rotatable bonds is 6. The highest BCUT2D eigenvalue weighted by Gasteiger charge is 2.47. The third-order valence-electron chi connectivity index (χ3n) is 3.39. The van der Waals surface area contributed by atoms with Crippen LogP contribution in [0.25, 0.3) is 0 Å². The second kappa shape index (κ2) is 5.43. The lowest BCUT2D eigenvalue weighted by Gasteiger charge is -2.06. The zero-order valence-electron chi connectivity index (χ0n) is 11.3. The molecule has 0 aromatic heterocycles. The molecule has 2 unspecified atom stereocenters. The quantitative estimate of drug-likeness (QED) is 0.749. The van der Waals surface area contributed by atoms with Gasteiger partial charge in [-0.1, -0.05) is 25.5 Å². The molecule has 4 nitrogen and oxygen atoms in total. The molecular formula is C14H19NO3S. The van der Waals surface area contributed by atoms with Crippen LogP contribution < -0.4 is 0 Å². The molecular weight excluding hydrogens is 262 g/mol. The van der Waals surface area contributed by atoms with Crippen LogP contribution in [0, 0.1) is 0 Å². The molecule has 1 aliphatic rings. The highest BCUT2D eigenvalue weighted by atomic mass is 32.2. The predicted octanol–water partition coefficient (Wildman–Crippen LogP) is 1.99. The van der Waals surface area contributed by atoms with Crippen molar-refractivity contribution in [1.29, 1.82) is 0 Å². The Hall–Kier alpha value is -1.20. The number of carbonyl (C=O) groups is 1. The van der Waals surface area contributed by atoms with Crippen LogP contribution in [0.4, 0.5) is 0 Å². The van der Waals surface area contributed by atoms with E-state index < -0.39 is 16.1 Å². The van der Waals surface area contributed by atoms with Gasteiger partial charge in [0.25, 0.3) is 0 Å². The third-order valence-corrected chi connectivity index (χ3v) is 5.27. The fraction of sp³-hybridized carbons (Fsp3) is 0.500. The van der Waals surface area contributed by atoms with Gasteiger partial charge in [0.15, 0.2) is 0 Å². The number of Topliss-reactive ketones (excluding diaryl/α,β-unsaturated/α-hetero) is 1. The molecule has 1 aliphatic heterocycles. The van der Waals surface area contributed by atoms with Gasteiger partial charge in [0.1, 0.15) is 5.78 Å². The fourth-order valence-corrected chi connectivity index (χ4v) is 3.64. The lowest BCUT2D eigenvalue weighted by molar-refractivity contribution is -0.116. The van der Waals surface area contributed by atoms with E-state index in [2.05, 4.69) is 6.92 Å². The Kier molecular flexibility index (Phi) is 4.06. The summed E-state index contributed by atoms with van der Waals surface area (Å²) >= 11 is 0. The second-order valence-corrected chi connectivity index (χ2v) is 6.84. The molecule has 0 radical (unpaired) electrons. The first-order valence-corrected chi connectivity index (χ1v) is 8.02.